The van der Waals surface area contributed by atoms with Gasteiger partial charge in [-0.15, -0.1) is 0 Å². The molecule has 1 aliphatic carbocycles. The van der Waals surface area contributed by atoms with Gasteiger partial charge in [0, 0.05) is 5.02 Å². The second kappa shape index (κ2) is 5.22. The smallest absolute Gasteiger partial charge is 0.0930 e. The largest absolute Gasteiger partial charge is 0.385 e. The van der Waals surface area contributed by atoms with Crippen molar-refractivity contribution in [1.82, 2.24) is 0 Å². The van der Waals surface area contributed by atoms with E-state index in [-0.39, 0.29) is 0 Å². The van der Waals surface area contributed by atoms with Crippen molar-refractivity contribution < 1.29 is 5.11 Å². The molecule has 2 heteroatoms. The van der Waals surface area contributed by atoms with E-state index >= 15 is 0 Å². The first-order valence-electron chi connectivity index (χ1n) is 6.92. The summed E-state index contributed by atoms with van der Waals surface area (Å²) in [6, 6.07) is 7.74. The molecular formula is C16H23ClO. The third kappa shape index (κ3) is 2.57. The van der Waals surface area contributed by atoms with Crippen LogP contribution in [0.5, 0.6) is 0 Å². The van der Waals surface area contributed by atoms with Crippen molar-refractivity contribution in [3.63, 3.8) is 0 Å². The van der Waals surface area contributed by atoms with E-state index in [1.165, 1.54) is 6.42 Å². The van der Waals surface area contributed by atoms with Gasteiger partial charge in [-0.05, 0) is 48.3 Å². The van der Waals surface area contributed by atoms with E-state index in [2.05, 4.69) is 20.8 Å². The van der Waals surface area contributed by atoms with E-state index in [1.54, 1.807) is 0 Å². The van der Waals surface area contributed by atoms with Crippen LogP contribution in [0.25, 0.3) is 0 Å². The molecule has 1 saturated carbocycles. The highest BCUT2D eigenvalue weighted by molar-refractivity contribution is 6.30. The Kier molecular flexibility index (Phi) is 4.03. The van der Waals surface area contributed by atoms with Gasteiger partial charge in [0.25, 0.3) is 0 Å². The molecule has 2 rings (SSSR count). The molecule has 0 saturated heterocycles. The first-order chi connectivity index (χ1) is 8.43. The highest BCUT2D eigenvalue weighted by atomic mass is 35.5. The Morgan fingerprint density at radius 2 is 2.06 bits per heavy atom. The van der Waals surface area contributed by atoms with Crippen molar-refractivity contribution in [1.29, 1.82) is 0 Å². The molecule has 1 aromatic rings. The summed E-state index contributed by atoms with van der Waals surface area (Å²) in [4.78, 5) is 0. The summed E-state index contributed by atoms with van der Waals surface area (Å²) >= 11 is 6.08. The normalized spacial score (nSPS) is 32.8. The lowest BCUT2D eigenvalue weighted by atomic mass is 9.64. The van der Waals surface area contributed by atoms with Crippen LogP contribution in [0.15, 0.2) is 24.3 Å². The van der Waals surface area contributed by atoms with Gasteiger partial charge in [0.05, 0.1) is 5.60 Å². The van der Waals surface area contributed by atoms with Crippen LogP contribution in [0.4, 0.5) is 0 Å². The Morgan fingerprint density at radius 3 is 2.67 bits per heavy atom. The zero-order valence-electron chi connectivity index (χ0n) is 11.5. The Labute approximate surface area is 115 Å². The minimum atomic E-state index is -0.712. The van der Waals surface area contributed by atoms with E-state index < -0.39 is 5.60 Å². The molecule has 1 fully saturated rings. The van der Waals surface area contributed by atoms with Crippen LogP contribution in [0.3, 0.4) is 0 Å². The third-order valence-corrected chi connectivity index (χ3v) is 4.61. The Morgan fingerprint density at radius 1 is 1.33 bits per heavy atom. The minimum Gasteiger partial charge on any atom is -0.385 e. The maximum absolute atomic E-state index is 11.2. The fourth-order valence-corrected chi connectivity index (χ4v) is 3.65. The summed E-state index contributed by atoms with van der Waals surface area (Å²) in [5.74, 6) is 1.39. The lowest BCUT2D eigenvalue weighted by Gasteiger charge is -2.45. The van der Waals surface area contributed by atoms with Crippen LogP contribution in [-0.2, 0) is 5.60 Å². The molecule has 1 nitrogen and oxygen atoms in total. The molecule has 18 heavy (non-hydrogen) atoms. The van der Waals surface area contributed by atoms with E-state index in [9.17, 15) is 5.11 Å². The lowest BCUT2D eigenvalue weighted by molar-refractivity contribution is -0.0865. The zero-order chi connectivity index (χ0) is 13.3. The number of benzene rings is 1. The van der Waals surface area contributed by atoms with E-state index in [0.29, 0.717) is 22.8 Å². The fraction of sp³-hybridized carbons (Fsp3) is 0.625. The van der Waals surface area contributed by atoms with Crippen LogP contribution in [0.2, 0.25) is 5.02 Å². The van der Waals surface area contributed by atoms with Gasteiger partial charge in [-0.25, -0.2) is 0 Å². The molecule has 0 spiro atoms. The van der Waals surface area contributed by atoms with Crippen LogP contribution in [0, 0.1) is 17.8 Å². The molecular weight excluding hydrogens is 244 g/mol. The van der Waals surface area contributed by atoms with Gasteiger partial charge in [0.1, 0.15) is 0 Å². The maximum atomic E-state index is 11.2. The highest BCUT2D eigenvalue weighted by Crippen LogP contribution is 2.47. The summed E-state index contributed by atoms with van der Waals surface area (Å²) in [5.41, 5.74) is 0.275. The number of rotatable bonds is 2. The van der Waals surface area contributed by atoms with Crippen LogP contribution < -0.4 is 0 Å². The fourth-order valence-electron chi connectivity index (χ4n) is 3.46. The van der Waals surface area contributed by atoms with Crippen molar-refractivity contribution in [2.24, 2.45) is 17.8 Å². The van der Waals surface area contributed by atoms with E-state index in [1.807, 2.05) is 24.3 Å². The summed E-state index contributed by atoms with van der Waals surface area (Å²) < 4.78 is 0. The zero-order valence-corrected chi connectivity index (χ0v) is 12.2. The molecule has 0 radical (unpaired) electrons. The van der Waals surface area contributed by atoms with Gasteiger partial charge in [0.15, 0.2) is 0 Å². The van der Waals surface area contributed by atoms with Gasteiger partial charge in [-0.2, -0.15) is 0 Å². The van der Waals surface area contributed by atoms with Crippen molar-refractivity contribution in [3.8, 4) is 0 Å². The Bertz CT molecular complexity index is 415. The number of aliphatic hydroxyl groups is 1. The third-order valence-electron chi connectivity index (χ3n) is 4.37. The Balaban J connectivity index is 2.40. The van der Waals surface area contributed by atoms with Crippen molar-refractivity contribution in [2.75, 3.05) is 0 Å². The van der Waals surface area contributed by atoms with Crippen molar-refractivity contribution in [3.05, 3.63) is 34.9 Å². The molecule has 3 atom stereocenters. The quantitative estimate of drug-likeness (QED) is 0.828. The minimum absolute atomic E-state index is 0.326. The molecule has 100 valence electrons. The first kappa shape index (κ1) is 13.9. The van der Waals surface area contributed by atoms with Crippen molar-refractivity contribution >= 4 is 11.6 Å². The molecule has 3 unspecified atom stereocenters. The number of halogens is 1. The maximum Gasteiger partial charge on any atom is 0.0930 e. The predicted octanol–water partition coefficient (Wildman–Crippen LogP) is 4.62. The van der Waals surface area contributed by atoms with Crippen LogP contribution in [-0.4, -0.2) is 5.11 Å². The molecule has 0 aromatic heterocycles. The number of hydrogen-bond acceptors (Lipinski definition) is 1. The first-order valence-corrected chi connectivity index (χ1v) is 7.29. The average molecular weight is 267 g/mol. The van der Waals surface area contributed by atoms with Gasteiger partial charge >= 0.3 is 0 Å². The molecule has 0 heterocycles. The summed E-state index contributed by atoms with van der Waals surface area (Å²) in [5, 5.41) is 11.9. The van der Waals surface area contributed by atoms with Gasteiger partial charge in [-0.3, -0.25) is 0 Å². The second-order valence-corrected chi connectivity index (χ2v) is 6.61. The van der Waals surface area contributed by atoms with E-state index in [4.69, 9.17) is 11.6 Å². The molecule has 1 N–H and O–H groups in total. The predicted molar refractivity (Wildman–Crippen MR) is 76.7 cm³/mol. The molecule has 0 amide bonds. The summed E-state index contributed by atoms with van der Waals surface area (Å²) in [6.45, 7) is 6.64. The van der Waals surface area contributed by atoms with Crippen molar-refractivity contribution in [2.45, 2.75) is 45.6 Å². The molecule has 0 aliphatic heterocycles. The Hall–Kier alpha value is -0.530. The van der Waals surface area contributed by atoms with Gasteiger partial charge < -0.3 is 5.11 Å². The van der Waals surface area contributed by atoms with Crippen LogP contribution in [0.1, 0.15) is 45.6 Å². The standard InChI is InChI=1S/C16H23ClO/c1-11(2)15-8-7-12(3)10-16(15,18)13-5-4-6-14(17)9-13/h4-6,9,11-12,15,18H,7-8,10H2,1-3H3. The monoisotopic (exact) mass is 266 g/mol. The highest BCUT2D eigenvalue weighted by Gasteiger charge is 2.43. The average Bonchev–Trinajstić information content (AvgIpc) is 2.28. The second-order valence-electron chi connectivity index (χ2n) is 6.17. The van der Waals surface area contributed by atoms with E-state index in [0.717, 1.165) is 18.4 Å². The molecule has 0 bridgehead atoms. The SMILES string of the molecule is CC1CCC(C(C)C)C(O)(c2cccc(Cl)c2)C1. The summed E-state index contributed by atoms with van der Waals surface area (Å²) in [6.07, 6.45) is 3.16. The van der Waals surface area contributed by atoms with Gasteiger partial charge in [-0.1, -0.05) is 50.9 Å². The number of hydrogen-bond donors (Lipinski definition) is 1. The summed E-state index contributed by atoms with van der Waals surface area (Å²) in [7, 11) is 0. The topological polar surface area (TPSA) is 20.2 Å². The van der Waals surface area contributed by atoms with Crippen LogP contribution >= 0.6 is 11.6 Å². The van der Waals surface area contributed by atoms with Gasteiger partial charge in [0.2, 0.25) is 0 Å². The molecule has 1 aromatic carbocycles. The molecule has 1 aliphatic rings. The lowest BCUT2D eigenvalue weighted by Crippen LogP contribution is -2.43.